The number of carbonyl (C=O) groups is 1. The largest absolute Gasteiger partial charge is 0.495 e. The Kier molecular flexibility index (Phi) is 7.33. The molecular formula is C28H23N3O4S. The quantitative estimate of drug-likeness (QED) is 0.360. The Morgan fingerprint density at radius 1 is 0.917 bits per heavy atom. The average molecular weight is 498 g/mol. The lowest BCUT2D eigenvalue weighted by Gasteiger charge is -2.26. The van der Waals surface area contributed by atoms with Crippen molar-refractivity contribution in [3.8, 4) is 11.8 Å². The van der Waals surface area contributed by atoms with Gasteiger partial charge in [-0.25, -0.2) is 8.42 Å². The number of hydrogen-bond donors (Lipinski definition) is 1. The summed E-state index contributed by atoms with van der Waals surface area (Å²) in [6.45, 7) is 0.0704. The highest BCUT2D eigenvalue weighted by molar-refractivity contribution is 7.92. The summed E-state index contributed by atoms with van der Waals surface area (Å²) in [4.78, 5) is 12.9. The number of para-hydroxylation sites is 2. The van der Waals surface area contributed by atoms with Gasteiger partial charge in [-0.15, -0.1) is 0 Å². The van der Waals surface area contributed by atoms with Gasteiger partial charge in [0.25, 0.3) is 15.9 Å². The molecule has 8 heteroatoms. The van der Waals surface area contributed by atoms with Crippen molar-refractivity contribution in [1.82, 2.24) is 0 Å². The summed E-state index contributed by atoms with van der Waals surface area (Å²) < 4.78 is 34.6. The number of sulfonamides is 1. The van der Waals surface area contributed by atoms with Crippen LogP contribution in [0.2, 0.25) is 0 Å². The molecule has 0 saturated carbocycles. The van der Waals surface area contributed by atoms with E-state index >= 15 is 0 Å². The van der Waals surface area contributed by atoms with Crippen LogP contribution in [-0.2, 0) is 16.6 Å². The normalized spacial score (nSPS) is 10.8. The zero-order valence-electron chi connectivity index (χ0n) is 19.5. The average Bonchev–Trinajstić information content (AvgIpc) is 2.92. The molecule has 180 valence electrons. The SMILES string of the molecule is COc1ccccc1N(Cc1ccccc1)S(=O)(=O)c1cccc(C(=O)Nc2cccc(C#N)c2)c1. The van der Waals surface area contributed by atoms with Crippen molar-refractivity contribution in [3.63, 3.8) is 0 Å². The summed E-state index contributed by atoms with van der Waals surface area (Å²) >= 11 is 0. The first-order valence-corrected chi connectivity index (χ1v) is 12.5. The molecule has 0 fully saturated rings. The van der Waals surface area contributed by atoms with E-state index in [9.17, 15) is 13.2 Å². The van der Waals surface area contributed by atoms with Gasteiger partial charge in [0.1, 0.15) is 5.75 Å². The first kappa shape index (κ1) is 24.5. The van der Waals surface area contributed by atoms with Gasteiger partial charge in [-0.1, -0.05) is 54.6 Å². The molecule has 0 spiro atoms. The highest BCUT2D eigenvalue weighted by Gasteiger charge is 2.28. The molecule has 1 N–H and O–H groups in total. The van der Waals surface area contributed by atoms with E-state index in [2.05, 4.69) is 5.32 Å². The van der Waals surface area contributed by atoms with Crippen LogP contribution in [0.25, 0.3) is 0 Å². The van der Waals surface area contributed by atoms with E-state index in [0.29, 0.717) is 22.7 Å². The number of benzene rings is 4. The molecule has 4 aromatic carbocycles. The van der Waals surface area contributed by atoms with Gasteiger partial charge in [0.2, 0.25) is 0 Å². The Morgan fingerprint density at radius 2 is 1.64 bits per heavy atom. The number of anilines is 2. The number of rotatable bonds is 8. The Balaban J connectivity index is 1.71. The molecule has 0 aliphatic rings. The summed E-state index contributed by atoms with van der Waals surface area (Å²) in [5.41, 5.74) is 2.17. The smallest absolute Gasteiger partial charge is 0.264 e. The summed E-state index contributed by atoms with van der Waals surface area (Å²) in [5, 5.41) is 11.8. The zero-order valence-corrected chi connectivity index (χ0v) is 20.3. The second-order valence-corrected chi connectivity index (χ2v) is 9.71. The Morgan fingerprint density at radius 3 is 2.39 bits per heavy atom. The molecule has 7 nitrogen and oxygen atoms in total. The van der Waals surface area contributed by atoms with Crippen LogP contribution in [-0.4, -0.2) is 21.4 Å². The molecule has 0 aliphatic carbocycles. The Hall–Kier alpha value is -4.61. The van der Waals surface area contributed by atoms with E-state index in [1.165, 1.54) is 35.7 Å². The molecular weight excluding hydrogens is 474 g/mol. The third-order valence-electron chi connectivity index (χ3n) is 5.46. The predicted molar refractivity (Wildman–Crippen MR) is 138 cm³/mol. The number of nitrogens with one attached hydrogen (secondary N) is 1. The third kappa shape index (κ3) is 5.37. The number of carbonyl (C=O) groups excluding carboxylic acids is 1. The van der Waals surface area contributed by atoms with Gasteiger partial charge in [-0.2, -0.15) is 5.26 Å². The summed E-state index contributed by atoms with van der Waals surface area (Å²) in [6.07, 6.45) is 0. The van der Waals surface area contributed by atoms with Crippen molar-refractivity contribution in [2.75, 3.05) is 16.7 Å². The molecule has 1 amide bonds. The van der Waals surface area contributed by atoms with E-state index in [0.717, 1.165) is 5.56 Å². The molecule has 0 aromatic heterocycles. The van der Waals surface area contributed by atoms with E-state index in [1.54, 1.807) is 48.5 Å². The fourth-order valence-corrected chi connectivity index (χ4v) is 5.19. The van der Waals surface area contributed by atoms with Crippen molar-refractivity contribution in [2.24, 2.45) is 0 Å². The van der Waals surface area contributed by atoms with Crippen LogP contribution in [0, 0.1) is 11.3 Å². The minimum atomic E-state index is -4.09. The van der Waals surface area contributed by atoms with Gasteiger partial charge < -0.3 is 10.1 Å². The van der Waals surface area contributed by atoms with Crippen molar-refractivity contribution in [2.45, 2.75) is 11.4 Å². The maximum Gasteiger partial charge on any atom is 0.264 e. The molecule has 4 aromatic rings. The molecule has 0 heterocycles. The maximum atomic E-state index is 13.9. The number of nitrogens with zero attached hydrogens (tertiary/aromatic N) is 2. The van der Waals surface area contributed by atoms with Gasteiger partial charge in [0, 0.05) is 11.3 Å². The monoisotopic (exact) mass is 497 g/mol. The molecule has 4 rings (SSSR count). The van der Waals surface area contributed by atoms with Gasteiger partial charge in [-0.05, 0) is 54.1 Å². The van der Waals surface area contributed by atoms with Crippen LogP contribution in [0.4, 0.5) is 11.4 Å². The maximum absolute atomic E-state index is 13.9. The van der Waals surface area contributed by atoms with Crippen LogP contribution in [0.3, 0.4) is 0 Å². The lowest BCUT2D eigenvalue weighted by molar-refractivity contribution is 0.102. The van der Waals surface area contributed by atoms with E-state index < -0.39 is 15.9 Å². The number of methoxy groups -OCH3 is 1. The highest BCUT2D eigenvalue weighted by Crippen LogP contribution is 2.34. The first-order chi connectivity index (χ1) is 17.4. The fraction of sp³-hybridized carbons (Fsp3) is 0.0714. The van der Waals surface area contributed by atoms with Crippen molar-refractivity contribution < 1.29 is 17.9 Å². The van der Waals surface area contributed by atoms with Crippen LogP contribution >= 0.6 is 0 Å². The topological polar surface area (TPSA) is 99.5 Å². The molecule has 0 bridgehead atoms. The molecule has 36 heavy (non-hydrogen) atoms. The second-order valence-electron chi connectivity index (χ2n) is 7.84. The van der Waals surface area contributed by atoms with Crippen molar-refractivity contribution in [3.05, 3.63) is 120 Å². The fourth-order valence-electron chi connectivity index (χ4n) is 3.68. The van der Waals surface area contributed by atoms with Crippen LogP contribution in [0.1, 0.15) is 21.5 Å². The molecule has 0 saturated heterocycles. The minimum absolute atomic E-state index is 0.0391. The Labute approximate surface area is 210 Å². The van der Waals surface area contributed by atoms with Crippen molar-refractivity contribution >= 4 is 27.3 Å². The third-order valence-corrected chi connectivity index (χ3v) is 7.21. The van der Waals surface area contributed by atoms with Gasteiger partial charge in [-0.3, -0.25) is 9.10 Å². The summed E-state index contributed by atoms with van der Waals surface area (Å²) in [6, 6.07) is 30.5. The van der Waals surface area contributed by atoms with Crippen LogP contribution in [0.15, 0.2) is 108 Å². The van der Waals surface area contributed by atoms with Gasteiger partial charge >= 0.3 is 0 Å². The lowest BCUT2D eigenvalue weighted by Crippen LogP contribution is -2.31. The second kappa shape index (κ2) is 10.8. The number of ether oxygens (including phenoxy) is 1. The molecule has 0 unspecified atom stereocenters. The number of amides is 1. The van der Waals surface area contributed by atoms with Crippen molar-refractivity contribution in [1.29, 1.82) is 5.26 Å². The summed E-state index contributed by atoms with van der Waals surface area (Å²) in [7, 11) is -2.61. The minimum Gasteiger partial charge on any atom is -0.495 e. The first-order valence-electron chi connectivity index (χ1n) is 11.0. The van der Waals surface area contributed by atoms with Gasteiger partial charge in [0.15, 0.2) is 0 Å². The van der Waals surface area contributed by atoms with Crippen LogP contribution in [0.5, 0.6) is 5.75 Å². The van der Waals surface area contributed by atoms with Gasteiger partial charge in [0.05, 0.1) is 35.9 Å². The standard InChI is InChI=1S/C28H23N3O4S/c1-35-27-16-6-5-15-26(27)31(20-21-9-3-2-4-10-21)36(33,34)25-14-8-12-23(18-25)28(32)30-24-13-7-11-22(17-24)19-29/h2-18H,20H2,1H3,(H,30,32). The predicted octanol–water partition coefficient (Wildman–Crippen LogP) is 5.21. The zero-order chi connectivity index (χ0) is 25.5. The molecule has 0 atom stereocenters. The number of nitriles is 1. The molecule has 0 radical (unpaired) electrons. The number of hydrogen-bond acceptors (Lipinski definition) is 5. The highest BCUT2D eigenvalue weighted by atomic mass is 32.2. The van der Waals surface area contributed by atoms with Crippen LogP contribution < -0.4 is 14.4 Å². The molecule has 0 aliphatic heterocycles. The lowest BCUT2D eigenvalue weighted by atomic mass is 10.2. The Bertz CT molecular complexity index is 1530. The van der Waals surface area contributed by atoms with E-state index in [4.69, 9.17) is 10.00 Å². The van der Waals surface area contributed by atoms with E-state index in [1.807, 2.05) is 36.4 Å². The van der Waals surface area contributed by atoms with E-state index in [-0.39, 0.29) is 17.0 Å². The summed E-state index contributed by atoms with van der Waals surface area (Å²) in [5.74, 6) is -0.0858.